The predicted octanol–water partition coefficient (Wildman–Crippen LogP) is 2.13. The highest BCUT2D eigenvalue weighted by molar-refractivity contribution is 5.12. The van der Waals surface area contributed by atoms with E-state index < -0.39 is 0 Å². The normalized spacial score (nSPS) is 14.0. The van der Waals surface area contributed by atoms with Gasteiger partial charge in [0.1, 0.15) is 0 Å². The van der Waals surface area contributed by atoms with E-state index in [1.165, 1.54) is 11.6 Å². The Labute approximate surface area is 61.7 Å². The third-order valence-electron chi connectivity index (χ3n) is 1.85. The summed E-state index contributed by atoms with van der Waals surface area (Å²) < 4.78 is 0. The van der Waals surface area contributed by atoms with E-state index in [0.717, 1.165) is 0 Å². The second-order valence-corrected chi connectivity index (χ2v) is 2.81. The zero-order valence-electron chi connectivity index (χ0n) is 6.68. The highest BCUT2D eigenvalue weighted by atomic mass is 15.1. The summed E-state index contributed by atoms with van der Waals surface area (Å²) >= 11 is 0. The van der Waals surface area contributed by atoms with Crippen LogP contribution in [0.15, 0.2) is 12.3 Å². The van der Waals surface area contributed by atoms with Crippen molar-refractivity contribution in [1.29, 1.82) is 0 Å². The molecule has 0 amide bonds. The molecule has 0 fully saturated rings. The third kappa shape index (κ3) is 1.38. The van der Waals surface area contributed by atoms with Gasteiger partial charge >= 0.3 is 0 Å². The highest BCUT2D eigenvalue weighted by Gasteiger charge is 2.10. The number of rotatable bonds is 2. The van der Waals surface area contributed by atoms with Crippen molar-refractivity contribution in [3.05, 3.63) is 23.9 Å². The van der Waals surface area contributed by atoms with Gasteiger partial charge in [0, 0.05) is 17.8 Å². The van der Waals surface area contributed by atoms with E-state index in [1.807, 2.05) is 6.07 Å². The molecule has 55 valence electrons. The first kappa shape index (κ1) is 7.32. The average molecular weight is 137 g/mol. The van der Waals surface area contributed by atoms with Crippen molar-refractivity contribution < 1.29 is 0 Å². The number of nitrogens with one attached hydrogen (secondary N) is 1. The van der Waals surface area contributed by atoms with E-state index in [4.69, 9.17) is 0 Å². The summed E-state index contributed by atoms with van der Waals surface area (Å²) in [5.41, 5.74) is 1.19. The summed E-state index contributed by atoms with van der Waals surface area (Å²) in [4.78, 5) is 0. The Balaban J connectivity index is 2.68. The van der Waals surface area contributed by atoms with Crippen LogP contribution in [0.2, 0.25) is 0 Å². The molecule has 0 spiro atoms. The van der Waals surface area contributed by atoms with Crippen molar-refractivity contribution in [2.75, 3.05) is 0 Å². The number of H-pyrrole nitrogens is 1. The lowest BCUT2D eigenvalue weighted by molar-refractivity contribution is 0.742. The Morgan fingerprint density at radius 1 is 1.60 bits per heavy atom. The average Bonchev–Trinajstić information content (AvgIpc) is 2.36. The quantitative estimate of drug-likeness (QED) is 0.664. The van der Waals surface area contributed by atoms with Crippen LogP contribution in [0.1, 0.15) is 32.4 Å². The number of aromatic amines is 1. The summed E-state index contributed by atoms with van der Waals surface area (Å²) in [6.07, 6.45) is 1.79. The van der Waals surface area contributed by atoms with Gasteiger partial charge in [-0.1, -0.05) is 20.8 Å². The standard InChI is InChI=1S/C8H13N2/c1-6(2)7(3)8-4-5-9-10-8/h4-5,7H,1-3H3,(H,9,10). The fourth-order valence-corrected chi connectivity index (χ4v) is 0.819. The smallest absolute Gasteiger partial charge is 0.0490 e. The monoisotopic (exact) mass is 137 g/mol. The van der Waals surface area contributed by atoms with E-state index in [-0.39, 0.29) is 0 Å². The van der Waals surface area contributed by atoms with Crippen LogP contribution in [-0.2, 0) is 0 Å². The molecular formula is C8H13N2. The maximum atomic E-state index is 3.89. The topological polar surface area (TPSA) is 28.7 Å². The van der Waals surface area contributed by atoms with Gasteiger partial charge in [0.25, 0.3) is 0 Å². The molecule has 0 saturated carbocycles. The maximum absolute atomic E-state index is 3.89. The minimum Gasteiger partial charge on any atom is -0.282 e. The molecule has 1 aromatic heterocycles. The molecular weight excluding hydrogens is 124 g/mol. The van der Waals surface area contributed by atoms with Gasteiger partial charge in [0.15, 0.2) is 0 Å². The van der Waals surface area contributed by atoms with Gasteiger partial charge in [0.05, 0.1) is 0 Å². The van der Waals surface area contributed by atoms with Crippen LogP contribution in [-0.4, -0.2) is 10.2 Å². The van der Waals surface area contributed by atoms with E-state index in [2.05, 4.69) is 31.0 Å². The third-order valence-corrected chi connectivity index (χ3v) is 1.85. The van der Waals surface area contributed by atoms with Crippen molar-refractivity contribution in [1.82, 2.24) is 10.2 Å². The SMILES string of the molecule is C[C](C)C(C)c1ccn[nH]1. The Kier molecular flexibility index (Phi) is 2.10. The van der Waals surface area contributed by atoms with E-state index in [9.17, 15) is 0 Å². The van der Waals surface area contributed by atoms with Gasteiger partial charge in [-0.05, 0) is 12.0 Å². The van der Waals surface area contributed by atoms with Crippen LogP contribution in [0.3, 0.4) is 0 Å². The molecule has 1 heterocycles. The summed E-state index contributed by atoms with van der Waals surface area (Å²) in [6.45, 7) is 6.43. The lowest BCUT2D eigenvalue weighted by atomic mass is 9.95. The van der Waals surface area contributed by atoms with E-state index >= 15 is 0 Å². The molecule has 1 aromatic rings. The Morgan fingerprint density at radius 3 is 2.70 bits per heavy atom. The van der Waals surface area contributed by atoms with Gasteiger partial charge in [-0.25, -0.2) is 0 Å². The minimum atomic E-state index is 0.502. The molecule has 10 heavy (non-hydrogen) atoms. The largest absolute Gasteiger partial charge is 0.282 e. The Bertz CT molecular complexity index is 177. The van der Waals surface area contributed by atoms with Crippen LogP contribution < -0.4 is 0 Å². The van der Waals surface area contributed by atoms with Gasteiger partial charge in [-0.3, -0.25) is 5.10 Å². The first-order valence-corrected chi connectivity index (χ1v) is 3.51. The van der Waals surface area contributed by atoms with Gasteiger partial charge in [0.2, 0.25) is 0 Å². The summed E-state index contributed by atoms with van der Waals surface area (Å²) in [5, 5.41) is 6.83. The van der Waals surface area contributed by atoms with Gasteiger partial charge < -0.3 is 0 Å². The molecule has 1 radical (unpaired) electrons. The van der Waals surface area contributed by atoms with E-state index in [1.54, 1.807) is 6.20 Å². The Hall–Kier alpha value is -0.790. The van der Waals surface area contributed by atoms with E-state index in [0.29, 0.717) is 5.92 Å². The molecule has 0 bridgehead atoms. The first-order chi connectivity index (χ1) is 4.72. The van der Waals surface area contributed by atoms with Crippen LogP contribution in [0.4, 0.5) is 0 Å². The molecule has 1 rings (SSSR count). The van der Waals surface area contributed by atoms with Crippen LogP contribution in [0.5, 0.6) is 0 Å². The van der Waals surface area contributed by atoms with Gasteiger partial charge in [-0.15, -0.1) is 0 Å². The molecule has 2 nitrogen and oxygen atoms in total. The summed E-state index contributed by atoms with van der Waals surface area (Å²) in [5.74, 6) is 1.91. The second kappa shape index (κ2) is 2.86. The first-order valence-electron chi connectivity index (χ1n) is 3.51. The van der Waals surface area contributed by atoms with Crippen molar-refractivity contribution in [2.45, 2.75) is 26.7 Å². The molecule has 0 saturated heterocycles. The lowest BCUT2D eigenvalue weighted by Crippen LogP contribution is -1.99. The number of hydrogen-bond acceptors (Lipinski definition) is 1. The van der Waals surface area contributed by atoms with Crippen molar-refractivity contribution in [3.63, 3.8) is 0 Å². The molecule has 0 aliphatic rings. The van der Waals surface area contributed by atoms with Crippen LogP contribution >= 0.6 is 0 Å². The highest BCUT2D eigenvalue weighted by Crippen LogP contribution is 2.22. The summed E-state index contributed by atoms with van der Waals surface area (Å²) in [7, 11) is 0. The summed E-state index contributed by atoms with van der Waals surface area (Å²) in [6, 6.07) is 2.01. The molecule has 0 aliphatic heterocycles. The predicted molar refractivity (Wildman–Crippen MR) is 41.6 cm³/mol. The molecule has 1 unspecified atom stereocenters. The number of hydrogen-bond donors (Lipinski definition) is 1. The molecule has 0 aromatic carbocycles. The van der Waals surface area contributed by atoms with Gasteiger partial charge in [-0.2, -0.15) is 5.10 Å². The van der Waals surface area contributed by atoms with Crippen LogP contribution in [0.25, 0.3) is 0 Å². The second-order valence-electron chi connectivity index (χ2n) is 2.81. The molecule has 0 aliphatic carbocycles. The molecule has 1 N–H and O–H groups in total. The number of aromatic nitrogens is 2. The fourth-order valence-electron chi connectivity index (χ4n) is 0.819. The zero-order chi connectivity index (χ0) is 7.56. The van der Waals surface area contributed by atoms with Crippen molar-refractivity contribution in [3.8, 4) is 0 Å². The Morgan fingerprint density at radius 2 is 2.30 bits per heavy atom. The van der Waals surface area contributed by atoms with Crippen molar-refractivity contribution in [2.24, 2.45) is 0 Å². The fraction of sp³-hybridized carbons (Fsp3) is 0.500. The maximum Gasteiger partial charge on any atom is 0.0490 e. The molecule has 2 heteroatoms. The molecule has 1 atom stereocenters. The zero-order valence-corrected chi connectivity index (χ0v) is 6.68. The van der Waals surface area contributed by atoms with Crippen molar-refractivity contribution >= 4 is 0 Å². The van der Waals surface area contributed by atoms with Crippen LogP contribution in [0, 0.1) is 5.92 Å². The lowest BCUT2D eigenvalue weighted by Gasteiger charge is -2.11. The number of nitrogens with zero attached hydrogens (tertiary/aromatic N) is 1. The minimum absolute atomic E-state index is 0.502.